The maximum absolute atomic E-state index is 5.42. The summed E-state index contributed by atoms with van der Waals surface area (Å²) in [6, 6.07) is 4.72. The van der Waals surface area contributed by atoms with Gasteiger partial charge in [-0.3, -0.25) is 0 Å². The first-order valence-electron chi connectivity index (χ1n) is 6.55. The molecule has 1 N–H and O–H groups in total. The van der Waals surface area contributed by atoms with Crippen LogP contribution in [0.3, 0.4) is 0 Å². The van der Waals surface area contributed by atoms with Crippen LogP contribution in [0.2, 0.25) is 0 Å². The molecule has 2 unspecified atom stereocenters. The highest BCUT2D eigenvalue weighted by molar-refractivity contribution is 9.10. The van der Waals surface area contributed by atoms with Crippen molar-refractivity contribution in [3.8, 4) is 11.5 Å². The maximum Gasteiger partial charge on any atom is 0.231 e. The van der Waals surface area contributed by atoms with Gasteiger partial charge in [-0.2, -0.15) is 0 Å². The molecule has 18 heavy (non-hydrogen) atoms. The number of hydrogen-bond donors (Lipinski definition) is 1. The number of rotatable bonds is 3. The van der Waals surface area contributed by atoms with Crippen molar-refractivity contribution >= 4 is 15.9 Å². The largest absolute Gasteiger partial charge is 0.454 e. The van der Waals surface area contributed by atoms with Crippen molar-refractivity contribution in [2.45, 2.75) is 38.8 Å². The van der Waals surface area contributed by atoms with Gasteiger partial charge in [0.15, 0.2) is 11.5 Å². The lowest BCUT2D eigenvalue weighted by Crippen LogP contribution is -2.30. The van der Waals surface area contributed by atoms with E-state index in [1.165, 1.54) is 24.8 Å². The number of fused-ring (bicyclic) bond motifs is 1. The van der Waals surface area contributed by atoms with Gasteiger partial charge in [0, 0.05) is 17.1 Å². The Morgan fingerprint density at radius 3 is 2.78 bits per heavy atom. The van der Waals surface area contributed by atoms with Crippen LogP contribution in [0.1, 0.15) is 31.7 Å². The molecular formula is C14H18BrNO2. The lowest BCUT2D eigenvalue weighted by molar-refractivity contribution is 0.174. The Morgan fingerprint density at radius 2 is 2.06 bits per heavy atom. The smallest absolute Gasteiger partial charge is 0.231 e. The van der Waals surface area contributed by atoms with Gasteiger partial charge in [-0.1, -0.05) is 29.3 Å². The molecule has 4 heteroatoms. The van der Waals surface area contributed by atoms with Crippen LogP contribution in [0, 0.1) is 5.92 Å². The van der Waals surface area contributed by atoms with Gasteiger partial charge in [-0.05, 0) is 36.5 Å². The Labute approximate surface area is 116 Å². The number of benzene rings is 1. The average molecular weight is 312 g/mol. The molecule has 98 valence electrons. The highest BCUT2D eigenvalue weighted by atomic mass is 79.9. The number of halogens is 1. The molecule has 1 aliphatic heterocycles. The predicted molar refractivity (Wildman–Crippen MR) is 73.9 cm³/mol. The maximum atomic E-state index is 5.42. The Morgan fingerprint density at radius 1 is 1.28 bits per heavy atom. The summed E-state index contributed by atoms with van der Waals surface area (Å²) >= 11 is 3.60. The van der Waals surface area contributed by atoms with Crippen molar-refractivity contribution in [1.82, 2.24) is 5.32 Å². The summed E-state index contributed by atoms with van der Waals surface area (Å²) in [5.74, 6) is 2.48. The summed E-state index contributed by atoms with van der Waals surface area (Å²) in [5.41, 5.74) is 1.23. The monoisotopic (exact) mass is 311 g/mol. The second-order valence-electron chi connectivity index (χ2n) is 5.19. The third-order valence-corrected chi connectivity index (χ3v) is 4.70. The quantitative estimate of drug-likeness (QED) is 0.927. The molecule has 0 aromatic heterocycles. The van der Waals surface area contributed by atoms with E-state index in [0.29, 0.717) is 12.8 Å². The summed E-state index contributed by atoms with van der Waals surface area (Å²) < 4.78 is 11.9. The van der Waals surface area contributed by atoms with Crippen molar-refractivity contribution < 1.29 is 9.47 Å². The topological polar surface area (TPSA) is 30.5 Å². The fourth-order valence-electron chi connectivity index (χ4n) is 2.78. The lowest BCUT2D eigenvalue weighted by atomic mass is 10.1. The highest BCUT2D eigenvalue weighted by Gasteiger charge is 2.23. The number of hydrogen-bond acceptors (Lipinski definition) is 3. The number of ether oxygens (including phenoxy) is 2. The van der Waals surface area contributed by atoms with Crippen LogP contribution in [-0.2, 0) is 6.54 Å². The lowest BCUT2D eigenvalue weighted by Gasteiger charge is -2.18. The van der Waals surface area contributed by atoms with Gasteiger partial charge in [-0.15, -0.1) is 0 Å². The first-order valence-corrected chi connectivity index (χ1v) is 7.35. The molecule has 1 aromatic rings. The Bertz CT molecular complexity index is 450. The summed E-state index contributed by atoms with van der Waals surface area (Å²) in [6.07, 6.45) is 3.99. The van der Waals surface area contributed by atoms with E-state index in [-0.39, 0.29) is 0 Å². The van der Waals surface area contributed by atoms with E-state index >= 15 is 0 Å². The molecule has 1 aliphatic carbocycles. The van der Waals surface area contributed by atoms with Crippen LogP contribution in [0.4, 0.5) is 0 Å². The SMILES string of the molecule is CC1CCCC1NCc1cc2c(cc1Br)OCO2. The fraction of sp³-hybridized carbons (Fsp3) is 0.571. The zero-order valence-electron chi connectivity index (χ0n) is 10.5. The van der Waals surface area contributed by atoms with Gasteiger partial charge in [0.25, 0.3) is 0 Å². The molecule has 1 heterocycles. The molecule has 0 saturated heterocycles. The van der Waals surface area contributed by atoms with Crippen molar-refractivity contribution in [1.29, 1.82) is 0 Å². The first kappa shape index (κ1) is 12.3. The fourth-order valence-corrected chi connectivity index (χ4v) is 3.25. The summed E-state index contributed by atoms with van der Waals surface area (Å²) in [6.45, 7) is 3.55. The molecule has 3 nitrogen and oxygen atoms in total. The van der Waals surface area contributed by atoms with Gasteiger partial charge in [0.05, 0.1) is 0 Å². The van der Waals surface area contributed by atoms with Gasteiger partial charge in [0.2, 0.25) is 6.79 Å². The minimum Gasteiger partial charge on any atom is -0.454 e. The van der Waals surface area contributed by atoms with Crippen LogP contribution in [-0.4, -0.2) is 12.8 Å². The molecule has 0 radical (unpaired) electrons. The van der Waals surface area contributed by atoms with Crippen LogP contribution in [0.25, 0.3) is 0 Å². The van der Waals surface area contributed by atoms with Crippen LogP contribution >= 0.6 is 15.9 Å². The van der Waals surface area contributed by atoms with Crippen molar-refractivity contribution in [2.75, 3.05) is 6.79 Å². The molecule has 1 saturated carbocycles. The standard InChI is InChI=1S/C14H18BrNO2/c1-9-3-2-4-12(9)16-7-10-5-13-14(6-11(10)15)18-8-17-13/h5-6,9,12,16H,2-4,7-8H2,1H3. The third kappa shape index (κ3) is 2.36. The second kappa shape index (κ2) is 5.10. The molecule has 0 bridgehead atoms. The third-order valence-electron chi connectivity index (χ3n) is 3.96. The normalized spacial score (nSPS) is 25.7. The summed E-state index contributed by atoms with van der Waals surface area (Å²) in [4.78, 5) is 0. The van der Waals surface area contributed by atoms with Gasteiger partial charge < -0.3 is 14.8 Å². The molecular weight excluding hydrogens is 294 g/mol. The zero-order chi connectivity index (χ0) is 12.5. The van der Waals surface area contributed by atoms with E-state index in [0.717, 1.165) is 28.4 Å². The van der Waals surface area contributed by atoms with Gasteiger partial charge >= 0.3 is 0 Å². The van der Waals surface area contributed by atoms with E-state index in [9.17, 15) is 0 Å². The summed E-state index contributed by atoms with van der Waals surface area (Å²) in [5, 5.41) is 3.65. The first-order chi connectivity index (χ1) is 8.74. The zero-order valence-corrected chi connectivity index (χ0v) is 12.1. The average Bonchev–Trinajstić information content (AvgIpc) is 2.95. The minimum atomic E-state index is 0.332. The van der Waals surface area contributed by atoms with Gasteiger partial charge in [0.1, 0.15) is 0 Å². The van der Waals surface area contributed by atoms with Crippen LogP contribution in [0.5, 0.6) is 11.5 Å². The van der Waals surface area contributed by atoms with Crippen LogP contribution in [0.15, 0.2) is 16.6 Å². The Balaban J connectivity index is 1.69. The van der Waals surface area contributed by atoms with E-state index in [1.807, 2.05) is 6.07 Å². The Hall–Kier alpha value is -0.740. The highest BCUT2D eigenvalue weighted by Crippen LogP contribution is 2.37. The minimum absolute atomic E-state index is 0.332. The Kier molecular flexibility index (Phi) is 3.48. The molecule has 3 rings (SSSR count). The molecule has 2 aliphatic rings. The van der Waals surface area contributed by atoms with Gasteiger partial charge in [-0.25, -0.2) is 0 Å². The van der Waals surface area contributed by atoms with Crippen molar-refractivity contribution in [3.05, 3.63) is 22.2 Å². The molecule has 0 spiro atoms. The van der Waals surface area contributed by atoms with E-state index in [1.54, 1.807) is 0 Å². The molecule has 2 atom stereocenters. The second-order valence-corrected chi connectivity index (χ2v) is 6.05. The molecule has 1 fully saturated rings. The predicted octanol–water partition coefficient (Wildman–Crippen LogP) is 3.46. The van der Waals surface area contributed by atoms with E-state index < -0.39 is 0 Å². The summed E-state index contributed by atoms with van der Waals surface area (Å²) in [7, 11) is 0. The van der Waals surface area contributed by atoms with E-state index in [2.05, 4.69) is 34.2 Å². The van der Waals surface area contributed by atoms with E-state index in [4.69, 9.17) is 9.47 Å². The van der Waals surface area contributed by atoms with Crippen LogP contribution < -0.4 is 14.8 Å². The molecule has 1 aromatic carbocycles. The number of nitrogens with one attached hydrogen (secondary N) is 1. The van der Waals surface area contributed by atoms with Crippen molar-refractivity contribution in [3.63, 3.8) is 0 Å². The molecule has 0 amide bonds. The van der Waals surface area contributed by atoms with Crippen molar-refractivity contribution in [2.24, 2.45) is 5.92 Å².